The molecule has 0 saturated heterocycles. The van der Waals surface area contributed by atoms with Crippen molar-refractivity contribution in [2.75, 3.05) is 23.9 Å². The summed E-state index contributed by atoms with van der Waals surface area (Å²) in [6.45, 7) is 3.15. The molecule has 0 bridgehead atoms. The van der Waals surface area contributed by atoms with Gasteiger partial charge in [0, 0.05) is 6.54 Å². The summed E-state index contributed by atoms with van der Waals surface area (Å²) in [5.74, 6) is 1.30. The fourth-order valence-corrected chi connectivity index (χ4v) is 3.40. The second kappa shape index (κ2) is 7.75. The molecule has 4 heteroatoms. The van der Waals surface area contributed by atoms with Gasteiger partial charge in [0.15, 0.2) is 5.13 Å². The lowest BCUT2D eigenvalue weighted by molar-refractivity contribution is 0.689. The number of hydrogen-bond acceptors (Lipinski definition) is 4. The standard InChI is InChI=1S/C15H22N2S2/c1-12-7-8-14-13(11-12)17-15(19-14)16-9-5-3-4-6-10-18-2/h7-8,11H,3-6,9-10H2,1-2H3,(H,16,17). The molecule has 0 fully saturated rings. The number of hydrogen-bond donors (Lipinski definition) is 1. The van der Waals surface area contributed by atoms with Crippen molar-refractivity contribution in [3.63, 3.8) is 0 Å². The monoisotopic (exact) mass is 294 g/mol. The average Bonchev–Trinajstić information content (AvgIpc) is 2.79. The number of thioether (sulfide) groups is 1. The Hall–Kier alpha value is -0.740. The van der Waals surface area contributed by atoms with E-state index >= 15 is 0 Å². The van der Waals surface area contributed by atoms with E-state index < -0.39 is 0 Å². The highest BCUT2D eigenvalue weighted by Crippen LogP contribution is 2.26. The molecule has 0 aliphatic rings. The number of benzene rings is 1. The van der Waals surface area contributed by atoms with Crippen LogP contribution in [-0.4, -0.2) is 23.5 Å². The molecule has 2 nitrogen and oxygen atoms in total. The van der Waals surface area contributed by atoms with Crippen LogP contribution < -0.4 is 5.32 Å². The highest BCUT2D eigenvalue weighted by Gasteiger charge is 2.02. The summed E-state index contributed by atoms with van der Waals surface area (Å²) in [5.41, 5.74) is 2.39. The molecule has 1 N–H and O–H groups in total. The molecule has 1 aromatic carbocycles. The van der Waals surface area contributed by atoms with Crippen LogP contribution in [0.4, 0.5) is 5.13 Å². The number of nitrogens with one attached hydrogen (secondary N) is 1. The molecule has 1 heterocycles. The maximum absolute atomic E-state index is 4.62. The van der Waals surface area contributed by atoms with Gasteiger partial charge < -0.3 is 5.32 Å². The Labute approximate surface area is 124 Å². The molecular weight excluding hydrogens is 272 g/mol. The van der Waals surface area contributed by atoms with Gasteiger partial charge in [0.05, 0.1) is 10.2 Å². The van der Waals surface area contributed by atoms with Crippen molar-refractivity contribution in [3.05, 3.63) is 23.8 Å². The lowest BCUT2D eigenvalue weighted by Crippen LogP contribution is -2.00. The Morgan fingerprint density at radius 3 is 2.89 bits per heavy atom. The molecular formula is C15H22N2S2. The molecule has 0 aliphatic carbocycles. The molecule has 0 radical (unpaired) electrons. The van der Waals surface area contributed by atoms with Crippen molar-refractivity contribution in [1.29, 1.82) is 0 Å². The Morgan fingerprint density at radius 2 is 2.05 bits per heavy atom. The lowest BCUT2D eigenvalue weighted by atomic mass is 10.2. The van der Waals surface area contributed by atoms with Crippen molar-refractivity contribution in [1.82, 2.24) is 4.98 Å². The number of aromatic nitrogens is 1. The molecule has 0 atom stereocenters. The summed E-state index contributed by atoms with van der Waals surface area (Å²) in [4.78, 5) is 4.62. The van der Waals surface area contributed by atoms with Crippen LogP contribution >= 0.6 is 23.1 Å². The third-order valence-corrected chi connectivity index (χ3v) is 4.79. The SMILES string of the molecule is CSCCCCCCNc1nc2cc(C)ccc2s1. The predicted molar refractivity (Wildman–Crippen MR) is 89.7 cm³/mol. The maximum atomic E-state index is 4.62. The first kappa shape index (κ1) is 14.7. The molecule has 19 heavy (non-hydrogen) atoms. The third-order valence-electron chi connectivity index (χ3n) is 3.09. The molecule has 0 saturated carbocycles. The third kappa shape index (κ3) is 4.69. The van der Waals surface area contributed by atoms with Crippen LogP contribution in [0.15, 0.2) is 18.2 Å². The van der Waals surface area contributed by atoms with E-state index in [1.54, 1.807) is 11.3 Å². The Balaban J connectivity index is 1.72. The summed E-state index contributed by atoms with van der Waals surface area (Å²) in [6.07, 6.45) is 7.43. The molecule has 0 unspecified atom stereocenters. The Morgan fingerprint density at radius 1 is 1.21 bits per heavy atom. The fourth-order valence-electron chi connectivity index (χ4n) is 2.03. The number of fused-ring (bicyclic) bond motifs is 1. The first-order valence-electron chi connectivity index (χ1n) is 6.89. The van der Waals surface area contributed by atoms with Crippen LogP contribution in [0.1, 0.15) is 31.2 Å². The normalized spacial score (nSPS) is 11.1. The number of nitrogens with zero attached hydrogens (tertiary/aromatic N) is 1. The quantitative estimate of drug-likeness (QED) is 0.698. The van der Waals surface area contributed by atoms with Crippen molar-refractivity contribution in [2.24, 2.45) is 0 Å². The second-order valence-electron chi connectivity index (χ2n) is 4.82. The van der Waals surface area contributed by atoms with Gasteiger partial charge in [-0.15, -0.1) is 0 Å². The number of aryl methyl sites for hydroxylation is 1. The predicted octanol–water partition coefficient (Wildman–Crippen LogP) is 4.94. The van der Waals surface area contributed by atoms with Crippen molar-refractivity contribution < 1.29 is 0 Å². The van der Waals surface area contributed by atoms with Crippen LogP contribution in [0.2, 0.25) is 0 Å². The number of rotatable bonds is 8. The van der Waals surface area contributed by atoms with E-state index in [-0.39, 0.29) is 0 Å². The van der Waals surface area contributed by atoms with Crippen LogP contribution in [0.3, 0.4) is 0 Å². The first-order chi connectivity index (χ1) is 9.29. The average molecular weight is 294 g/mol. The van der Waals surface area contributed by atoms with Crippen molar-refractivity contribution in [3.8, 4) is 0 Å². The van der Waals surface area contributed by atoms with E-state index in [1.807, 2.05) is 11.8 Å². The minimum absolute atomic E-state index is 1.04. The maximum Gasteiger partial charge on any atom is 0.183 e. The van der Waals surface area contributed by atoms with Crippen LogP contribution in [-0.2, 0) is 0 Å². The first-order valence-corrected chi connectivity index (χ1v) is 9.10. The van der Waals surface area contributed by atoms with Gasteiger partial charge >= 0.3 is 0 Å². The summed E-state index contributed by atoms with van der Waals surface area (Å²) in [7, 11) is 0. The largest absolute Gasteiger partial charge is 0.361 e. The number of thiazole rings is 1. The molecule has 0 aliphatic heterocycles. The minimum atomic E-state index is 1.04. The highest BCUT2D eigenvalue weighted by atomic mass is 32.2. The molecule has 2 aromatic rings. The summed E-state index contributed by atoms with van der Waals surface area (Å²) < 4.78 is 1.27. The van der Waals surface area contributed by atoms with E-state index in [4.69, 9.17) is 0 Å². The highest BCUT2D eigenvalue weighted by molar-refractivity contribution is 7.98. The molecule has 1 aromatic heterocycles. The van der Waals surface area contributed by atoms with Gasteiger partial charge in [0.1, 0.15) is 0 Å². The van der Waals surface area contributed by atoms with Gasteiger partial charge in [0.25, 0.3) is 0 Å². The molecule has 0 amide bonds. The molecule has 0 spiro atoms. The van der Waals surface area contributed by atoms with E-state index in [9.17, 15) is 0 Å². The Bertz CT molecular complexity index is 508. The van der Waals surface area contributed by atoms with E-state index in [0.717, 1.165) is 17.2 Å². The smallest absolute Gasteiger partial charge is 0.183 e. The van der Waals surface area contributed by atoms with E-state index in [2.05, 4.69) is 41.7 Å². The molecule has 104 valence electrons. The number of unbranched alkanes of at least 4 members (excludes halogenated alkanes) is 3. The van der Waals surface area contributed by atoms with Gasteiger partial charge in [-0.25, -0.2) is 4.98 Å². The summed E-state index contributed by atoms with van der Waals surface area (Å²) in [5, 5.41) is 4.51. The van der Waals surface area contributed by atoms with E-state index in [1.165, 1.54) is 41.7 Å². The second-order valence-corrected chi connectivity index (χ2v) is 6.84. The molecule has 2 rings (SSSR count). The zero-order chi connectivity index (χ0) is 13.5. The van der Waals surface area contributed by atoms with Crippen LogP contribution in [0, 0.1) is 6.92 Å². The van der Waals surface area contributed by atoms with Gasteiger partial charge in [0.2, 0.25) is 0 Å². The van der Waals surface area contributed by atoms with Gasteiger partial charge in [-0.05, 0) is 49.5 Å². The number of anilines is 1. The van der Waals surface area contributed by atoms with Gasteiger partial charge in [-0.3, -0.25) is 0 Å². The van der Waals surface area contributed by atoms with Crippen LogP contribution in [0.5, 0.6) is 0 Å². The zero-order valence-electron chi connectivity index (χ0n) is 11.7. The van der Waals surface area contributed by atoms with Crippen molar-refractivity contribution >= 4 is 38.4 Å². The van der Waals surface area contributed by atoms with E-state index in [0.29, 0.717) is 0 Å². The fraction of sp³-hybridized carbons (Fsp3) is 0.533. The topological polar surface area (TPSA) is 24.9 Å². The van der Waals surface area contributed by atoms with Crippen LogP contribution in [0.25, 0.3) is 10.2 Å². The van der Waals surface area contributed by atoms with Crippen molar-refractivity contribution in [2.45, 2.75) is 32.6 Å². The van der Waals surface area contributed by atoms with Gasteiger partial charge in [-0.2, -0.15) is 11.8 Å². The Kier molecular flexibility index (Phi) is 5.98. The summed E-state index contributed by atoms with van der Waals surface area (Å²) >= 11 is 3.69. The lowest BCUT2D eigenvalue weighted by Gasteiger charge is -2.02. The zero-order valence-corrected chi connectivity index (χ0v) is 13.4. The minimum Gasteiger partial charge on any atom is -0.361 e. The summed E-state index contributed by atoms with van der Waals surface area (Å²) in [6, 6.07) is 6.46. The van der Waals surface area contributed by atoms with Gasteiger partial charge in [-0.1, -0.05) is 30.2 Å².